The van der Waals surface area contributed by atoms with Crippen molar-refractivity contribution in [1.29, 1.82) is 0 Å². The summed E-state index contributed by atoms with van der Waals surface area (Å²) in [5, 5.41) is 2.66. The smallest absolute Gasteiger partial charge is 0.146 e. The maximum Gasteiger partial charge on any atom is 0.146 e. The maximum atomic E-state index is 6.56. The number of hydrogen-bond donors (Lipinski definition) is 2. The lowest BCUT2D eigenvalue weighted by atomic mass is 9.69. The zero-order valence-electron chi connectivity index (χ0n) is 10.4. The minimum Gasteiger partial charge on any atom is -0.328 e. The van der Waals surface area contributed by atoms with Crippen LogP contribution in [0.5, 0.6) is 0 Å². The molecule has 3 nitrogen and oxygen atoms in total. The first-order valence-electron chi connectivity index (χ1n) is 7.08. The van der Waals surface area contributed by atoms with Crippen molar-refractivity contribution >= 4 is 0 Å². The van der Waals surface area contributed by atoms with Crippen molar-refractivity contribution in [2.24, 2.45) is 17.6 Å². The monoisotopic (exact) mass is 224 g/mol. The highest BCUT2D eigenvalue weighted by atomic mass is 15.3. The van der Waals surface area contributed by atoms with Crippen LogP contribution in [-0.2, 0) is 0 Å². The molecule has 0 spiro atoms. The van der Waals surface area contributed by atoms with E-state index in [1.165, 1.54) is 45.1 Å². The van der Waals surface area contributed by atoms with E-state index in [1.54, 1.807) is 0 Å². The third-order valence-electron chi connectivity index (χ3n) is 5.30. The van der Waals surface area contributed by atoms with Crippen LogP contribution < -0.4 is 11.1 Å². The lowest BCUT2D eigenvalue weighted by molar-refractivity contribution is -0.765. The fourth-order valence-electron chi connectivity index (χ4n) is 4.41. The molecule has 0 aromatic heterocycles. The molecule has 5 atom stereocenters. The molecule has 92 valence electrons. The van der Waals surface area contributed by atoms with Gasteiger partial charge in [-0.25, -0.2) is 0 Å². The topological polar surface area (TPSA) is 45.9 Å². The molecule has 3 fully saturated rings. The largest absolute Gasteiger partial charge is 0.328 e. The number of fused-ring (bicyclic) bond motifs is 2. The Bertz CT molecular complexity index is 256. The number of quaternary nitrogens is 1. The van der Waals surface area contributed by atoms with E-state index in [-0.39, 0.29) is 0 Å². The van der Waals surface area contributed by atoms with Gasteiger partial charge in [0.1, 0.15) is 6.17 Å². The van der Waals surface area contributed by atoms with Crippen molar-refractivity contribution in [1.82, 2.24) is 4.90 Å². The van der Waals surface area contributed by atoms with Gasteiger partial charge in [-0.2, -0.15) is 0 Å². The molecule has 4 N–H and O–H groups in total. The molecule has 0 aromatic carbocycles. The molecule has 3 rings (SSSR count). The van der Waals surface area contributed by atoms with Crippen LogP contribution in [0, 0.1) is 11.8 Å². The number of hydrogen-bond acceptors (Lipinski definition) is 2. The van der Waals surface area contributed by atoms with Crippen LogP contribution in [0.25, 0.3) is 0 Å². The Morgan fingerprint density at radius 1 is 1.06 bits per heavy atom. The van der Waals surface area contributed by atoms with Gasteiger partial charge in [-0.15, -0.1) is 0 Å². The van der Waals surface area contributed by atoms with E-state index >= 15 is 0 Å². The quantitative estimate of drug-likeness (QED) is 0.614. The Hall–Kier alpha value is -0.120. The molecule has 0 radical (unpaired) electrons. The van der Waals surface area contributed by atoms with Crippen LogP contribution in [0.4, 0.5) is 0 Å². The van der Waals surface area contributed by atoms with E-state index < -0.39 is 0 Å². The van der Waals surface area contributed by atoms with Gasteiger partial charge in [0.25, 0.3) is 0 Å². The normalized spacial score (nSPS) is 49.5. The molecule has 0 aromatic rings. The molecule has 2 aliphatic heterocycles. The molecule has 3 aliphatic rings. The third kappa shape index (κ3) is 1.69. The molecular weight excluding hydrogens is 198 g/mol. The molecular formula is C13H26N3+. The fraction of sp³-hybridized carbons (Fsp3) is 1.00. The van der Waals surface area contributed by atoms with E-state index in [1.807, 2.05) is 0 Å². The Kier molecular flexibility index (Phi) is 2.94. The SMILES string of the molecule is CN1CCCC2C(N)C3CCCCC3[NH2+]C21. The van der Waals surface area contributed by atoms with E-state index in [0.717, 1.165) is 17.9 Å². The molecule has 2 heterocycles. The summed E-state index contributed by atoms with van der Waals surface area (Å²) in [6, 6.07) is 1.30. The van der Waals surface area contributed by atoms with Gasteiger partial charge in [0.2, 0.25) is 0 Å². The minimum atomic E-state index is 0.475. The van der Waals surface area contributed by atoms with Crippen LogP contribution in [-0.4, -0.2) is 36.7 Å². The van der Waals surface area contributed by atoms with Gasteiger partial charge in [0, 0.05) is 24.4 Å². The first-order valence-corrected chi connectivity index (χ1v) is 7.08. The summed E-state index contributed by atoms with van der Waals surface area (Å²) in [5.74, 6) is 1.56. The zero-order valence-corrected chi connectivity index (χ0v) is 10.4. The summed E-state index contributed by atoms with van der Waals surface area (Å²) < 4.78 is 0. The number of rotatable bonds is 0. The Labute approximate surface area is 98.8 Å². The van der Waals surface area contributed by atoms with Crippen LogP contribution in [0.1, 0.15) is 38.5 Å². The Balaban J connectivity index is 1.79. The van der Waals surface area contributed by atoms with Crippen LogP contribution in [0.15, 0.2) is 0 Å². The third-order valence-corrected chi connectivity index (χ3v) is 5.30. The predicted octanol–water partition coefficient (Wildman–Crippen LogP) is 0.117. The van der Waals surface area contributed by atoms with Crippen LogP contribution in [0.3, 0.4) is 0 Å². The van der Waals surface area contributed by atoms with Crippen molar-refractivity contribution < 1.29 is 5.32 Å². The van der Waals surface area contributed by atoms with Gasteiger partial charge in [0.15, 0.2) is 0 Å². The summed E-state index contributed by atoms with van der Waals surface area (Å²) in [5.41, 5.74) is 6.56. The highest BCUT2D eigenvalue weighted by Crippen LogP contribution is 2.34. The molecule has 0 bridgehead atoms. The van der Waals surface area contributed by atoms with Crippen molar-refractivity contribution in [3.63, 3.8) is 0 Å². The second kappa shape index (κ2) is 4.28. The molecule has 1 saturated carbocycles. The van der Waals surface area contributed by atoms with Crippen molar-refractivity contribution in [2.75, 3.05) is 13.6 Å². The molecule has 0 amide bonds. The standard InChI is InChI=1S/C13H25N3/c1-16-8-4-6-10-12(14)9-5-2-3-7-11(9)15-13(10)16/h9-13,15H,2-8,14H2,1H3/p+1. The Morgan fingerprint density at radius 3 is 2.69 bits per heavy atom. The van der Waals surface area contributed by atoms with Crippen LogP contribution >= 0.6 is 0 Å². The van der Waals surface area contributed by atoms with Crippen molar-refractivity contribution in [3.05, 3.63) is 0 Å². The van der Waals surface area contributed by atoms with Gasteiger partial charge in [-0.3, -0.25) is 4.90 Å². The van der Waals surface area contributed by atoms with Gasteiger partial charge in [0.05, 0.1) is 6.04 Å². The van der Waals surface area contributed by atoms with Gasteiger partial charge in [-0.1, -0.05) is 6.42 Å². The Morgan fingerprint density at radius 2 is 1.81 bits per heavy atom. The van der Waals surface area contributed by atoms with Gasteiger partial charge < -0.3 is 11.1 Å². The number of likely N-dealkylation sites (tertiary alicyclic amines) is 1. The predicted molar refractivity (Wildman–Crippen MR) is 64.8 cm³/mol. The average Bonchev–Trinajstić information content (AvgIpc) is 2.31. The second-order valence-corrected chi connectivity index (χ2v) is 6.16. The van der Waals surface area contributed by atoms with Crippen LogP contribution in [0.2, 0.25) is 0 Å². The summed E-state index contributed by atoms with van der Waals surface area (Å²) in [4.78, 5) is 2.54. The number of nitrogens with zero attached hydrogens (tertiary/aromatic N) is 1. The highest BCUT2D eigenvalue weighted by molar-refractivity contribution is 4.94. The zero-order chi connectivity index (χ0) is 11.1. The second-order valence-electron chi connectivity index (χ2n) is 6.16. The van der Waals surface area contributed by atoms with E-state index in [2.05, 4.69) is 17.3 Å². The fourth-order valence-corrected chi connectivity index (χ4v) is 4.41. The maximum absolute atomic E-state index is 6.56. The molecule has 2 saturated heterocycles. The molecule has 3 heteroatoms. The summed E-state index contributed by atoms with van der Waals surface area (Å²) in [6.45, 7) is 1.27. The summed E-state index contributed by atoms with van der Waals surface area (Å²) in [7, 11) is 2.28. The van der Waals surface area contributed by atoms with Crippen molar-refractivity contribution in [2.45, 2.75) is 56.8 Å². The minimum absolute atomic E-state index is 0.475. The lowest BCUT2D eigenvalue weighted by Crippen LogP contribution is -3.04. The van der Waals surface area contributed by atoms with Gasteiger partial charge >= 0.3 is 0 Å². The summed E-state index contributed by atoms with van der Waals surface area (Å²) in [6.07, 6.45) is 9.00. The molecule has 16 heavy (non-hydrogen) atoms. The van der Waals surface area contributed by atoms with Crippen molar-refractivity contribution in [3.8, 4) is 0 Å². The number of nitrogens with two attached hydrogens (primary N) is 2. The first kappa shape index (κ1) is 11.0. The van der Waals surface area contributed by atoms with E-state index in [9.17, 15) is 0 Å². The number of piperidine rings is 2. The first-order chi connectivity index (χ1) is 7.77. The lowest BCUT2D eigenvalue weighted by Gasteiger charge is -2.50. The van der Waals surface area contributed by atoms with E-state index in [4.69, 9.17) is 5.73 Å². The van der Waals surface area contributed by atoms with Gasteiger partial charge in [-0.05, 0) is 39.2 Å². The molecule has 1 aliphatic carbocycles. The highest BCUT2D eigenvalue weighted by Gasteiger charge is 2.48. The van der Waals surface area contributed by atoms with E-state index in [0.29, 0.717) is 12.2 Å². The average molecular weight is 224 g/mol. The molecule has 5 unspecified atom stereocenters. The summed E-state index contributed by atoms with van der Waals surface area (Å²) >= 11 is 0.